The molecule has 5 heteroatoms. The quantitative estimate of drug-likeness (QED) is 0.921. The van der Waals surface area contributed by atoms with E-state index >= 15 is 0 Å². The number of aryl methyl sites for hydroxylation is 2. The van der Waals surface area contributed by atoms with Crippen molar-refractivity contribution in [3.8, 4) is 0 Å². The lowest BCUT2D eigenvalue weighted by Gasteiger charge is -2.16. The highest BCUT2D eigenvalue weighted by molar-refractivity contribution is 7.89. The van der Waals surface area contributed by atoms with Gasteiger partial charge in [-0.15, -0.1) is 0 Å². The van der Waals surface area contributed by atoms with Gasteiger partial charge in [-0.05, 0) is 56.9 Å². The van der Waals surface area contributed by atoms with Gasteiger partial charge in [-0.25, -0.2) is 13.1 Å². The van der Waals surface area contributed by atoms with E-state index < -0.39 is 10.0 Å². The maximum absolute atomic E-state index is 12.5. The van der Waals surface area contributed by atoms with E-state index in [4.69, 9.17) is 4.42 Å². The third kappa shape index (κ3) is 3.19. The highest BCUT2D eigenvalue weighted by atomic mass is 32.2. The van der Waals surface area contributed by atoms with Crippen molar-refractivity contribution in [2.24, 2.45) is 5.92 Å². The fourth-order valence-electron chi connectivity index (χ4n) is 2.39. The molecule has 112 valence electrons. The Morgan fingerprint density at radius 2 is 1.76 bits per heavy atom. The number of benzene rings is 1. The van der Waals surface area contributed by atoms with Crippen LogP contribution in [0.1, 0.15) is 36.0 Å². The SMILES string of the molecule is Cc1ccc(S(=O)(=O)NC(c2ccc(C)o2)C2CC2)cc1. The molecule has 1 aliphatic carbocycles. The molecule has 21 heavy (non-hydrogen) atoms. The fourth-order valence-corrected chi connectivity index (χ4v) is 3.66. The van der Waals surface area contributed by atoms with E-state index in [1.54, 1.807) is 24.3 Å². The van der Waals surface area contributed by atoms with Gasteiger partial charge in [0, 0.05) is 0 Å². The van der Waals surface area contributed by atoms with Gasteiger partial charge in [-0.3, -0.25) is 0 Å². The smallest absolute Gasteiger partial charge is 0.241 e. The number of furan rings is 1. The molecular weight excluding hydrogens is 286 g/mol. The van der Waals surface area contributed by atoms with Crippen LogP contribution in [0.5, 0.6) is 0 Å². The van der Waals surface area contributed by atoms with Crippen LogP contribution in [0, 0.1) is 19.8 Å². The minimum atomic E-state index is -3.53. The zero-order valence-corrected chi connectivity index (χ0v) is 13.0. The third-order valence-corrected chi connectivity index (χ3v) is 5.23. The molecule has 0 aliphatic heterocycles. The first kappa shape index (κ1) is 14.4. The monoisotopic (exact) mass is 305 g/mol. The van der Waals surface area contributed by atoms with Crippen LogP contribution >= 0.6 is 0 Å². The first-order valence-corrected chi connectivity index (χ1v) is 8.59. The summed E-state index contributed by atoms with van der Waals surface area (Å²) >= 11 is 0. The van der Waals surface area contributed by atoms with Crippen LogP contribution in [0.15, 0.2) is 45.7 Å². The maximum Gasteiger partial charge on any atom is 0.241 e. The highest BCUT2D eigenvalue weighted by Crippen LogP contribution is 2.42. The van der Waals surface area contributed by atoms with Gasteiger partial charge in [0.25, 0.3) is 0 Å². The van der Waals surface area contributed by atoms with Crippen molar-refractivity contribution in [1.29, 1.82) is 0 Å². The molecule has 1 aromatic carbocycles. The lowest BCUT2D eigenvalue weighted by atomic mass is 10.1. The number of hydrogen-bond donors (Lipinski definition) is 1. The highest BCUT2D eigenvalue weighted by Gasteiger charge is 2.37. The molecule has 0 amide bonds. The standard InChI is InChI=1S/C16H19NO3S/c1-11-3-8-14(9-4-11)21(18,19)17-16(13-6-7-13)15-10-5-12(2)20-15/h3-5,8-10,13,16-17H,6-7H2,1-2H3. The van der Waals surface area contributed by atoms with Crippen LogP contribution in [0.4, 0.5) is 0 Å². The van der Waals surface area contributed by atoms with Crippen molar-refractivity contribution in [1.82, 2.24) is 4.72 Å². The Hall–Kier alpha value is -1.59. The zero-order chi connectivity index (χ0) is 15.0. The molecule has 0 spiro atoms. The van der Waals surface area contributed by atoms with Crippen LogP contribution in [0.3, 0.4) is 0 Å². The molecule has 3 rings (SSSR count). The average Bonchev–Trinajstić information content (AvgIpc) is 3.19. The molecule has 1 atom stereocenters. The summed E-state index contributed by atoms with van der Waals surface area (Å²) in [6, 6.07) is 10.3. The van der Waals surface area contributed by atoms with E-state index in [0.29, 0.717) is 16.6 Å². The summed E-state index contributed by atoms with van der Waals surface area (Å²) in [5, 5.41) is 0. The molecule has 4 nitrogen and oxygen atoms in total. The van der Waals surface area contributed by atoms with Gasteiger partial charge in [-0.2, -0.15) is 0 Å². The van der Waals surface area contributed by atoms with Crippen LogP contribution in [0.2, 0.25) is 0 Å². The molecule has 2 aromatic rings. The molecular formula is C16H19NO3S. The molecule has 1 fully saturated rings. The molecule has 1 unspecified atom stereocenters. The molecule has 0 bridgehead atoms. The summed E-state index contributed by atoms with van der Waals surface area (Å²) in [7, 11) is -3.53. The summed E-state index contributed by atoms with van der Waals surface area (Å²) in [5.41, 5.74) is 1.04. The van der Waals surface area contributed by atoms with Gasteiger partial charge < -0.3 is 4.42 Å². The van der Waals surface area contributed by atoms with Crippen molar-refractivity contribution in [3.05, 3.63) is 53.5 Å². The van der Waals surface area contributed by atoms with Crippen molar-refractivity contribution in [3.63, 3.8) is 0 Å². The Morgan fingerprint density at radius 3 is 2.29 bits per heavy atom. The first-order chi connectivity index (χ1) is 9.95. The van der Waals surface area contributed by atoms with Crippen molar-refractivity contribution in [2.75, 3.05) is 0 Å². The topological polar surface area (TPSA) is 59.3 Å². The predicted octanol–water partition coefficient (Wildman–Crippen LogP) is 3.33. The minimum absolute atomic E-state index is 0.273. The Morgan fingerprint density at radius 1 is 1.10 bits per heavy atom. The second-order valence-corrected chi connectivity index (χ2v) is 7.41. The largest absolute Gasteiger partial charge is 0.465 e. The Labute approximate surface area is 125 Å². The van der Waals surface area contributed by atoms with Gasteiger partial charge in [0.05, 0.1) is 10.9 Å². The van der Waals surface area contributed by atoms with Crippen LogP contribution in [-0.4, -0.2) is 8.42 Å². The Kier molecular flexibility index (Phi) is 3.63. The maximum atomic E-state index is 12.5. The van der Waals surface area contributed by atoms with E-state index in [2.05, 4.69) is 4.72 Å². The first-order valence-electron chi connectivity index (χ1n) is 7.11. The van der Waals surface area contributed by atoms with Crippen LogP contribution < -0.4 is 4.72 Å². The summed E-state index contributed by atoms with van der Waals surface area (Å²) in [6.07, 6.45) is 2.06. The fraction of sp³-hybridized carbons (Fsp3) is 0.375. The van der Waals surface area contributed by atoms with Gasteiger partial charge in [-0.1, -0.05) is 17.7 Å². The molecule has 1 saturated carbocycles. The summed E-state index contributed by atoms with van der Waals surface area (Å²) in [5.74, 6) is 1.83. The van der Waals surface area contributed by atoms with E-state index in [1.165, 1.54) is 0 Å². The predicted molar refractivity (Wildman–Crippen MR) is 80.4 cm³/mol. The minimum Gasteiger partial charge on any atom is -0.465 e. The van der Waals surface area contributed by atoms with Gasteiger partial charge >= 0.3 is 0 Å². The second-order valence-electron chi connectivity index (χ2n) is 5.70. The number of sulfonamides is 1. The van der Waals surface area contributed by atoms with E-state index in [9.17, 15) is 8.42 Å². The van der Waals surface area contributed by atoms with Crippen molar-refractivity contribution in [2.45, 2.75) is 37.6 Å². The van der Waals surface area contributed by atoms with Gasteiger partial charge in [0.1, 0.15) is 11.5 Å². The number of hydrogen-bond acceptors (Lipinski definition) is 3. The molecule has 1 heterocycles. The van der Waals surface area contributed by atoms with Gasteiger partial charge in [0.2, 0.25) is 10.0 Å². The van der Waals surface area contributed by atoms with Crippen molar-refractivity contribution >= 4 is 10.0 Å². The molecule has 0 saturated heterocycles. The van der Waals surface area contributed by atoms with E-state index in [0.717, 1.165) is 24.2 Å². The number of rotatable bonds is 5. The van der Waals surface area contributed by atoms with Crippen LogP contribution in [0.25, 0.3) is 0 Å². The number of nitrogens with one attached hydrogen (secondary N) is 1. The van der Waals surface area contributed by atoms with E-state index in [-0.39, 0.29) is 6.04 Å². The molecule has 0 radical (unpaired) electrons. The van der Waals surface area contributed by atoms with Gasteiger partial charge in [0.15, 0.2) is 0 Å². The summed E-state index contributed by atoms with van der Waals surface area (Å²) < 4.78 is 33.4. The molecule has 1 aromatic heterocycles. The van der Waals surface area contributed by atoms with E-state index in [1.807, 2.05) is 26.0 Å². The molecule has 1 N–H and O–H groups in total. The normalized spacial score (nSPS) is 16.9. The summed E-state index contributed by atoms with van der Waals surface area (Å²) in [6.45, 7) is 3.80. The lowest BCUT2D eigenvalue weighted by Crippen LogP contribution is -2.29. The Bertz CT molecular complexity index is 727. The third-order valence-electron chi connectivity index (χ3n) is 3.77. The Balaban J connectivity index is 1.87. The lowest BCUT2D eigenvalue weighted by molar-refractivity contribution is 0.405. The average molecular weight is 305 g/mol. The molecule has 1 aliphatic rings. The zero-order valence-electron chi connectivity index (χ0n) is 12.2. The van der Waals surface area contributed by atoms with Crippen LogP contribution in [-0.2, 0) is 10.0 Å². The van der Waals surface area contributed by atoms with Crippen molar-refractivity contribution < 1.29 is 12.8 Å². The second kappa shape index (κ2) is 5.31. The summed E-state index contributed by atoms with van der Waals surface area (Å²) in [4.78, 5) is 0.294.